The predicted molar refractivity (Wildman–Crippen MR) is 125 cm³/mol. The van der Waals surface area contributed by atoms with Gasteiger partial charge in [-0.15, -0.1) is 0 Å². The minimum Gasteiger partial charge on any atom is -0.465 e. The minimum absolute atomic E-state index is 0.372. The van der Waals surface area contributed by atoms with Gasteiger partial charge in [-0.05, 0) is 66.8 Å². The molecule has 0 spiro atoms. The third-order valence-corrected chi connectivity index (χ3v) is 6.07. The Morgan fingerprint density at radius 1 is 1.03 bits per heavy atom. The first kappa shape index (κ1) is 20.9. The van der Waals surface area contributed by atoms with Crippen molar-refractivity contribution in [3.8, 4) is 23.0 Å². The number of aromatic nitrogens is 3. The van der Waals surface area contributed by atoms with Crippen LogP contribution in [-0.4, -0.2) is 27.6 Å². The van der Waals surface area contributed by atoms with E-state index < -0.39 is 0 Å². The molecule has 1 aliphatic rings. The predicted octanol–water partition coefficient (Wildman–Crippen LogP) is 5.64. The number of hydrogen-bond donors (Lipinski definition) is 0. The lowest BCUT2D eigenvalue weighted by atomic mass is 9.82. The van der Waals surface area contributed by atoms with Crippen LogP contribution in [0.25, 0.3) is 11.5 Å². The number of hydrogen-bond acceptors (Lipinski definition) is 5. The second-order valence-corrected chi connectivity index (χ2v) is 8.19. The first-order valence-corrected chi connectivity index (χ1v) is 11.1. The largest absolute Gasteiger partial charge is 0.465 e. The zero-order chi connectivity index (χ0) is 22.6. The molecular weight excluding hydrogens is 414 g/mol. The average Bonchev–Trinajstić information content (AvgIpc) is 3.32. The number of rotatable bonds is 6. The topological polar surface area (TPSA) is 66.2 Å². The maximum absolute atomic E-state index is 11.9. The van der Waals surface area contributed by atoms with Gasteiger partial charge in [-0.3, -0.25) is 4.98 Å². The standard InChI is InChI=1S/C27H25N3O3/c1-32-27(31)20-12-13-28-25(17-20)26-29-14-15-30(26)18-21-7-5-6-19-16-23(10-11-24(19)21)33-22-8-3-2-4-9-22/h2-4,8-17,21H,5-7,18H2,1H3. The van der Waals surface area contributed by atoms with Gasteiger partial charge in [-0.25, -0.2) is 9.78 Å². The normalized spacial score (nSPS) is 15.0. The summed E-state index contributed by atoms with van der Waals surface area (Å²) in [5, 5.41) is 0. The second-order valence-electron chi connectivity index (χ2n) is 8.19. The summed E-state index contributed by atoms with van der Waals surface area (Å²) in [7, 11) is 1.38. The van der Waals surface area contributed by atoms with Gasteiger partial charge in [-0.1, -0.05) is 24.3 Å². The van der Waals surface area contributed by atoms with Gasteiger partial charge in [-0.2, -0.15) is 0 Å². The number of ether oxygens (including phenoxy) is 2. The lowest BCUT2D eigenvalue weighted by Gasteiger charge is -2.27. The van der Waals surface area contributed by atoms with E-state index in [1.54, 1.807) is 24.5 Å². The van der Waals surface area contributed by atoms with Crippen molar-refractivity contribution in [1.29, 1.82) is 0 Å². The Hall–Kier alpha value is -3.93. The molecule has 166 valence electrons. The molecule has 0 saturated carbocycles. The summed E-state index contributed by atoms with van der Waals surface area (Å²) in [6.45, 7) is 0.797. The molecule has 33 heavy (non-hydrogen) atoms. The van der Waals surface area contributed by atoms with Crippen LogP contribution >= 0.6 is 0 Å². The molecule has 0 fully saturated rings. The van der Waals surface area contributed by atoms with Crippen molar-refractivity contribution in [2.45, 2.75) is 31.7 Å². The number of carbonyl (C=O) groups excluding carboxylic acids is 1. The fraction of sp³-hybridized carbons (Fsp3) is 0.222. The van der Waals surface area contributed by atoms with Crippen LogP contribution in [0.1, 0.15) is 40.2 Å². The molecule has 2 heterocycles. The van der Waals surface area contributed by atoms with Gasteiger partial charge in [0.25, 0.3) is 0 Å². The SMILES string of the molecule is COC(=O)c1ccnc(-c2nccn2CC2CCCc3cc(Oc4ccccc4)ccc32)c1. The summed E-state index contributed by atoms with van der Waals surface area (Å²) >= 11 is 0. The Balaban J connectivity index is 1.38. The van der Waals surface area contributed by atoms with Gasteiger partial charge < -0.3 is 14.0 Å². The van der Waals surface area contributed by atoms with E-state index in [0.717, 1.165) is 43.1 Å². The highest BCUT2D eigenvalue weighted by Crippen LogP contribution is 2.36. The number of nitrogens with zero attached hydrogens (tertiary/aromatic N) is 3. The van der Waals surface area contributed by atoms with Gasteiger partial charge in [0.15, 0.2) is 5.82 Å². The summed E-state index contributed by atoms with van der Waals surface area (Å²) in [6, 6.07) is 19.7. The quantitative estimate of drug-likeness (QED) is 0.364. The van der Waals surface area contributed by atoms with Crippen LogP contribution in [0.4, 0.5) is 0 Å². The fourth-order valence-corrected chi connectivity index (χ4v) is 4.49. The molecule has 6 heteroatoms. The molecule has 2 aromatic heterocycles. The van der Waals surface area contributed by atoms with Crippen LogP contribution in [0.3, 0.4) is 0 Å². The van der Waals surface area contributed by atoms with Crippen molar-refractivity contribution in [1.82, 2.24) is 14.5 Å². The lowest BCUT2D eigenvalue weighted by molar-refractivity contribution is 0.0600. The van der Waals surface area contributed by atoms with Crippen molar-refractivity contribution < 1.29 is 14.3 Å². The molecular formula is C27H25N3O3. The van der Waals surface area contributed by atoms with Gasteiger partial charge >= 0.3 is 5.97 Å². The monoisotopic (exact) mass is 439 g/mol. The number of pyridine rings is 1. The zero-order valence-electron chi connectivity index (χ0n) is 18.5. The summed E-state index contributed by atoms with van der Waals surface area (Å²) in [5.41, 5.74) is 3.82. The van der Waals surface area contributed by atoms with Crippen LogP contribution in [0.15, 0.2) is 79.3 Å². The van der Waals surface area contributed by atoms with Gasteiger partial charge in [0.1, 0.15) is 17.2 Å². The van der Waals surface area contributed by atoms with E-state index in [1.165, 1.54) is 18.2 Å². The van der Waals surface area contributed by atoms with Crippen molar-refractivity contribution >= 4 is 5.97 Å². The van der Waals surface area contributed by atoms with Gasteiger partial charge in [0, 0.05) is 31.1 Å². The Kier molecular flexibility index (Phi) is 5.89. The summed E-state index contributed by atoms with van der Waals surface area (Å²) in [6.07, 6.45) is 8.67. The van der Waals surface area contributed by atoms with Crippen molar-refractivity contribution in [3.63, 3.8) is 0 Å². The number of para-hydroxylation sites is 1. The summed E-state index contributed by atoms with van der Waals surface area (Å²) < 4.78 is 13.0. The number of benzene rings is 2. The molecule has 0 bridgehead atoms. The Morgan fingerprint density at radius 2 is 1.91 bits per heavy atom. The molecule has 1 unspecified atom stereocenters. The Morgan fingerprint density at radius 3 is 2.76 bits per heavy atom. The van der Waals surface area contributed by atoms with Crippen LogP contribution in [-0.2, 0) is 17.7 Å². The Labute approximate surface area is 192 Å². The second kappa shape index (κ2) is 9.28. The molecule has 0 amide bonds. The molecule has 1 atom stereocenters. The third kappa shape index (κ3) is 4.51. The number of aryl methyl sites for hydroxylation is 1. The van der Waals surface area contributed by atoms with E-state index in [4.69, 9.17) is 9.47 Å². The highest BCUT2D eigenvalue weighted by Gasteiger charge is 2.23. The van der Waals surface area contributed by atoms with Gasteiger partial charge in [0.05, 0.1) is 12.7 Å². The molecule has 0 radical (unpaired) electrons. The smallest absolute Gasteiger partial charge is 0.337 e. The van der Waals surface area contributed by atoms with Crippen LogP contribution in [0, 0.1) is 0 Å². The van der Waals surface area contributed by atoms with Crippen LogP contribution in [0.5, 0.6) is 11.5 Å². The van der Waals surface area contributed by atoms with E-state index in [9.17, 15) is 4.79 Å². The van der Waals surface area contributed by atoms with Crippen molar-refractivity contribution in [2.75, 3.05) is 7.11 Å². The van der Waals surface area contributed by atoms with E-state index in [1.807, 2.05) is 36.5 Å². The van der Waals surface area contributed by atoms with E-state index in [-0.39, 0.29) is 5.97 Å². The first-order chi connectivity index (χ1) is 16.2. The van der Waals surface area contributed by atoms with E-state index in [0.29, 0.717) is 17.2 Å². The molecule has 0 aliphatic heterocycles. The lowest BCUT2D eigenvalue weighted by Crippen LogP contribution is -2.16. The number of carbonyl (C=O) groups is 1. The summed E-state index contributed by atoms with van der Waals surface area (Å²) in [5.74, 6) is 2.45. The molecule has 0 N–H and O–H groups in total. The molecule has 1 aliphatic carbocycles. The highest BCUT2D eigenvalue weighted by atomic mass is 16.5. The summed E-state index contributed by atoms with van der Waals surface area (Å²) in [4.78, 5) is 20.9. The number of fused-ring (bicyclic) bond motifs is 1. The molecule has 2 aromatic carbocycles. The highest BCUT2D eigenvalue weighted by molar-refractivity contribution is 5.90. The van der Waals surface area contributed by atoms with Gasteiger partial charge in [0.2, 0.25) is 0 Å². The first-order valence-electron chi connectivity index (χ1n) is 11.1. The van der Waals surface area contributed by atoms with Crippen molar-refractivity contribution in [2.24, 2.45) is 0 Å². The fourth-order valence-electron chi connectivity index (χ4n) is 4.49. The average molecular weight is 440 g/mol. The maximum Gasteiger partial charge on any atom is 0.337 e. The van der Waals surface area contributed by atoms with Crippen LogP contribution < -0.4 is 4.74 Å². The molecule has 0 saturated heterocycles. The number of imidazole rings is 1. The minimum atomic E-state index is -0.383. The van der Waals surface area contributed by atoms with Crippen molar-refractivity contribution in [3.05, 3.63) is 95.9 Å². The zero-order valence-corrected chi connectivity index (χ0v) is 18.5. The molecule has 5 rings (SSSR count). The number of esters is 1. The Bertz CT molecular complexity index is 1270. The maximum atomic E-state index is 11.9. The van der Waals surface area contributed by atoms with E-state index in [2.05, 4.69) is 32.7 Å². The van der Waals surface area contributed by atoms with Crippen LogP contribution in [0.2, 0.25) is 0 Å². The van der Waals surface area contributed by atoms with E-state index >= 15 is 0 Å². The molecule has 6 nitrogen and oxygen atoms in total. The third-order valence-electron chi connectivity index (χ3n) is 6.07. The number of methoxy groups -OCH3 is 1. The molecule has 4 aromatic rings.